The molecule has 7 heteroatoms. The van der Waals surface area contributed by atoms with Gasteiger partial charge in [0.05, 0.1) is 11.8 Å². The second-order valence-corrected chi connectivity index (χ2v) is 15.3. The fourth-order valence-electron chi connectivity index (χ4n) is 8.83. The van der Waals surface area contributed by atoms with Gasteiger partial charge in [-0.05, 0) is 84.9 Å². The van der Waals surface area contributed by atoms with Gasteiger partial charge in [0, 0.05) is 74.7 Å². The van der Waals surface area contributed by atoms with E-state index >= 15 is 0 Å². The third-order valence-corrected chi connectivity index (χ3v) is 11.7. The Morgan fingerprint density at radius 3 is 2.54 bits per heavy atom. The minimum Gasteiger partial charge on any atom is -0.455 e. The summed E-state index contributed by atoms with van der Waals surface area (Å²) in [6.45, 7) is 13.2. The molecule has 4 heterocycles. The number of nitrogens with one attached hydrogen (secondary N) is 1. The molecule has 0 amide bonds. The van der Waals surface area contributed by atoms with Crippen LogP contribution in [0.4, 0.5) is 5.69 Å². The zero-order valence-electron chi connectivity index (χ0n) is 29.6. The topological polar surface area (TPSA) is 64.7 Å². The van der Waals surface area contributed by atoms with Crippen LogP contribution in [-0.2, 0) is 6.54 Å². The number of hydrogen-bond acceptors (Lipinski definition) is 6. The van der Waals surface area contributed by atoms with Gasteiger partial charge in [-0.15, -0.1) is 0 Å². The lowest BCUT2D eigenvalue weighted by molar-refractivity contribution is -0.0628. The number of carbonyl (C=O) groups is 1. The van der Waals surface area contributed by atoms with Gasteiger partial charge in [0.2, 0.25) is 0 Å². The number of anilines is 1. The van der Waals surface area contributed by atoms with Crippen LogP contribution in [0.15, 0.2) is 91.3 Å². The lowest BCUT2D eigenvalue weighted by Crippen LogP contribution is -2.60. The summed E-state index contributed by atoms with van der Waals surface area (Å²) < 4.78 is 6.24. The fourth-order valence-corrected chi connectivity index (χ4v) is 8.83. The number of ether oxygens (including phenoxy) is 1. The van der Waals surface area contributed by atoms with Crippen LogP contribution < -0.4 is 9.64 Å². The van der Waals surface area contributed by atoms with Crippen molar-refractivity contribution >= 4 is 23.0 Å². The highest BCUT2D eigenvalue weighted by atomic mass is 16.5. The van der Waals surface area contributed by atoms with Crippen molar-refractivity contribution in [2.75, 3.05) is 37.6 Å². The average molecular weight is 668 g/mol. The van der Waals surface area contributed by atoms with Crippen molar-refractivity contribution in [2.45, 2.75) is 71.0 Å². The molecular weight excluding hydrogens is 619 g/mol. The van der Waals surface area contributed by atoms with Gasteiger partial charge >= 0.3 is 0 Å². The molecule has 5 aromatic rings. The van der Waals surface area contributed by atoms with Crippen molar-refractivity contribution in [3.05, 3.63) is 119 Å². The number of aryl methyl sites for hydroxylation is 1. The number of H-pyrrole nitrogens is 1. The fraction of sp³-hybridized carbons (Fsp3) is 0.395. The molecule has 3 fully saturated rings. The van der Waals surface area contributed by atoms with E-state index in [-0.39, 0.29) is 0 Å². The Kier molecular flexibility index (Phi) is 8.96. The molecule has 2 aromatic heterocycles. The van der Waals surface area contributed by atoms with Crippen LogP contribution in [0.5, 0.6) is 11.5 Å². The highest BCUT2D eigenvalue weighted by Gasteiger charge is 2.50. The Hall–Kier alpha value is -4.46. The van der Waals surface area contributed by atoms with Crippen LogP contribution >= 0.6 is 0 Å². The van der Waals surface area contributed by atoms with Gasteiger partial charge in [-0.1, -0.05) is 67.9 Å². The second kappa shape index (κ2) is 13.7. The number of rotatable bonds is 9. The van der Waals surface area contributed by atoms with E-state index in [1.54, 1.807) is 6.20 Å². The molecule has 1 saturated carbocycles. The number of benzene rings is 3. The number of aromatic nitrogens is 2. The van der Waals surface area contributed by atoms with Crippen LogP contribution in [0.1, 0.15) is 84.1 Å². The third kappa shape index (κ3) is 6.57. The minimum absolute atomic E-state index is 0.415. The molecule has 7 nitrogen and oxygen atoms in total. The molecule has 0 radical (unpaired) electrons. The Morgan fingerprint density at radius 2 is 1.76 bits per heavy atom. The predicted molar refractivity (Wildman–Crippen MR) is 201 cm³/mol. The van der Waals surface area contributed by atoms with Crippen molar-refractivity contribution in [1.82, 2.24) is 19.8 Å². The number of hydrogen-bond donors (Lipinski definition) is 1. The van der Waals surface area contributed by atoms with Crippen molar-refractivity contribution in [2.24, 2.45) is 5.41 Å². The monoisotopic (exact) mass is 667 g/mol. The molecule has 1 unspecified atom stereocenters. The van der Waals surface area contributed by atoms with Gasteiger partial charge in [0.15, 0.2) is 6.29 Å². The summed E-state index contributed by atoms with van der Waals surface area (Å²) in [5, 5.41) is 0.978. The van der Waals surface area contributed by atoms with Gasteiger partial charge in [-0.25, -0.2) is 4.98 Å². The first-order valence-corrected chi connectivity index (χ1v) is 18.4. The molecule has 50 heavy (non-hydrogen) atoms. The first kappa shape index (κ1) is 32.7. The Morgan fingerprint density at radius 1 is 0.960 bits per heavy atom. The van der Waals surface area contributed by atoms with Crippen LogP contribution in [0.25, 0.3) is 11.0 Å². The summed E-state index contributed by atoms with van der Waals surface area (Å²) in [5.74, 6) is 1.71. The lowest BCUT2D eigenvalue weighted by Gasteiger charge is -2.58. The number of piperidine rings is 1. The molecule has 3 aliphatic rings. The molecule has 1 N–H and O–H groups in total. The molecule has 0 bridgehead atoms. The third-order valence-electron chi connectivity index (χ3n) is 11.7. The molecule has 8 rings (SSSR count). The summed E-state index contributed by atoms with van der Waals surface area (Å²) in [6, 6.07) is 29.2. The Balaban J connectivity index is 0.941. The van der Waals surface area contributed by atoms with Crippen LogP contribution in [0.2, 0.25) is 0 Å². The second-order valence-electron chi connectivity index (χ2n) is 15.3. The smallest absolute Gasteiger partial charge is 0.153 e. The van der Waals surface area contributed by atoms with E-state index in [9.17, 15) is 4.79 Å². The van der Waals surface area contributed by atoms with Crippen LogP contribution in [-0.4, -0.2) is 64.8 Å². The number of aromatic amines is 1. The maximum absolute atomic E-state index is 11.9. The molecule has 3 aromatic carbocycles. The predicted octanol–water partition coefficient (Wildman–Crippen LogP) is 8.91. The summed E-state index contributed by atoms with van der Waals surface area (Å²) in [4.78, 5) is 27.5. The van der Waals surface area contributed by atoms with E-state index in [0.29, 0.717) is 40.5 Å². The molecule has 2 aliphatic heterocycles. The van der Waals surface area contributed by atoms with Crippen molar-refractivity contribution in [3.8, 4) is 11.5 Å². The van der Waals surface area contributed by atoms with E-state index in [1.165, 1.54) is 47.9 Å². The van der Waals surface area contributed by atoms with Gasteiger partial charge in [0.1, 0.15) is 17.1 Å². The number of piperazine rings is 1. The van der Waals surface area contributed by atoms with Crippen LogP contribution in [0, 0.1) is 12.3 Å². The Bertz CT molecular complexity index is 1950. The molecule has 1 atom stereocenters. The van der Waals surface area contributed by atoms with E-state index < -0.39 is 0 Å². The van der Waals surface area contributed by atoms with Crippen LogP contribution in [0.3, 0.4) is 0 Å². The van der Waals surface area contributed by atoms with E-state index in [1.807, 2.05) is 30.5 Å². The first-order chi connectivity index (χ1) is 24.4. The largest absolute Gasteiger partial charge is 0.455 e. The van der Waals surface area contributed by atoms with E-state index in [0.717, 1.165) is 62.3 Å². The minimum atomic E-state index is 0.415. The number of aldehydes is 1. The van der Waals surface area contributed by atoms with Crippen molar-refractivity contribution in [3.63, 3.8) is 0 Å². The zero-order chi connectivity index (χ0) is 34.2. The summed E-state index contributed by atoms with van der Waals surface area (Å²) in [7, 11) is 0. The standard InChI is InChI=1S/C43H49N5O2/c1-30(2)38-6-4-5-7-39(38)40-28-46(27-32-10-8-31(3)9-11-32)20-21-48(40)36-24-43(25-36)15-18-47(19-16-43)35-13-12-34(29-49)41(23-35)50-37-22-33-14-17-44-42(33)45-26-37/h4-14,17,22-23,26,29-30,36,40H,15-16,18-21,24-25,27-28H2,1-3H3,(H,44,45). The molecule has 1 spiro atoms. The molecule has 258 valence electrons. The van der Waals surface area contributed by atoms with Crippen molar-refractivity contribution < 1.29 is 9.53 Å². The Labute approximate surface area is 296 Å². The molecular formula is C43H49N5O2. The van der Waals surface area contributed by atoms with E-state index in [4.69, 9.17) is 4.74 Å². The highest BCUT2D eigenvalue weighted by molar-refractivity contribution is 5.81. The number of nitrogens with zero attached hydrogens (tertiary/aromatic N) is 4. The average Bonchev–Trinajstić information content (AvgIpc) is 3.60. The number of pyridine rings is 1. The highest BCUT2D eigenvalue weighted by Crippen LogP contribution is 2.53. The molecule has 2 saturated heterocycles. The zero-order valence-corrected chi connectivity index (χ0v) is 29.6. The van der Waals surface area contributed by atoms with Gasteiger partial charge in [0.25, 0.3) is 0 Å². The van der Waals surface area contributed by atoms with Gasteiger partial charge < -0.3 is 14.6 Å². The SMILES string of the molecule is Cc1ccc(CN2CCN(C3CC4(CCN(c5ccc(C=O)c(Oc6cnc7[nH]ccc7c6)c5)CC4)C3)C(c3ccccc3C(C)C)C2)cc1. The van der Waals surface area contributed by atoms with Gasteiger partial charge in [-0.2, -0.15) is 0 Å². The maximum atomic E-state index is 11.9. The quantitative estimate of drug-likeness (QED) is 0.159. The number of carbonyl (C=O) groups excluding carboxylic acids is 1. The lowest BCUT2D eigenvalue weighted by atomic mass is 9.59. The first-order valence-electron chi connectivity index (χ1n) is 18.4. The normalized spacial score (nSPS) is 20.0. The molecule has 1 aliphatic carbocycles. The summed E-state index contributed by atoms with van der Waals surface area (Å²) in [5.41, 5.74) is 8.64. The summed E-state index contributed by atoms with van der Waals surface area (Å²) in [6.07, 6.45) is 9.40. The van der Waals surface area contributed by atoms with E-state index in [2.05, 4.69) is 100 Å². The maximum Gasteiger partial charge on any atom is 0.153 e. The number of fused-ring (bicyclic) bond motifs is 1. The summed E-state index contributed by atoms with van der Waals surface area (Å²) >= 11 is 0. The van der Waals surface area contributed by atoms with Gasteiger partial charge in [-0.3, -0.25) is 14.6 Å². The van der Waals surface area contributed by atoms with Crippen molar-refractivity contribution in [1.29, 1.82) is 0 Å².